The van der Waals surface area contributed by atoms with Crippen LogP contribution in [0.1, 0.15) is 37.7 Å². The minimum atomic E-state index is -0.256. The van der Waals surface area contributed by atoms with E-state index in [9.17, 15) is 4.79 Å². The highest BCUT2D eigenvalue weighted by Crippen LogP contribution is 2.19. The molecule has 5 heteroatoms. The SMILES string of the molecule is N#Cc1cc(N)ccc1NC(=O)NC1CCCCC1. The Morgan fingerprint density at radius 1 is 1.32 bits per heavy atom. The number of rotatable bonds is 2. The molecule has 1 aromatic carbocycles. The highest BCUT2D eigenvalue weighted by molar-refractivity contribution is 5.91. The van der Waals surface area contributed by atoms with Crippen LogP contribution in [-0.2, 0) is 0 Å². The maximum absolute atomic E-state index is 11.9. The summed E-state index contributed by atoms with van der Waals surface area (Å²) in [7, 11) is 0. The van der Waals surface area contributed by atoms with Gasteiger partial charge in [-0.15, -0.1) is 0 Å². The van der Waals surface area contributed by atoms with E-state index in [2.05, 4.69) is 10.6 Å². The Bertz CT molecular complexity index is 501. The van der Waals surface area contributed by atoms with Gasteiger partial charge in [0, 0.05) is 11.7 Å². The fourth-order valence-corrected chi connectivity index (χ4v) is 2.35. The van der Waals surface area contributed by atoms with Crippen LogP contribution in [-0.4, -0.2) is 12.1 Å². The quantitative estimate of drug-likeness (QED) is 0.712. The number of anilines is 2. The molecule has 0 saturated heterocycles. The van der Waals surface area contributed by atoms with Crippen LogP contribution in [0.2, 0.25) is 0 Å². The van der Waals surface area contributed by atoms with E-state index < -0.39 is 0 Å². The number of nitrogens with one attached hydrogen (secondary N) is 2. The number of urea groups is 1. The second kappa shape index (κ2) is 6.10. The average Bonchev–Trinajstić information content (AvgIpc) is 2.42. The summed E-state index contributed by atoms with van der Waals surface area (Å²) in [5, 5.41) is 14.7. The summed E-state index contributed by atoms with van der Waals surface area (Å²) in [5.74, 6) is 0. The number of nitrogens with zero attached hydrogens (tertiary/aromatic N) is 1. The van der Waals surface area contributed by atoms with E-state index in [1.807, 2.05) is 6.07 Å². The molecular formula is C14H18N4O. The molecule has 0 atom stereocenters. The first-order chi connectivity index (χ1) is 9.19. The maximum atomic E-state index is 11.9. The van der Waals surface area contributed by atoms with E-state index in [0.29, 0.717) is 16.9 Å². The van der Waals surface area contributed by atoms with E-state index in [1.165, 1.54) is 6.42 Å². The van der Waals surface area contributed by atoms with Gasteiger partial charge >= 0.3 is 6.03 Å². The van der Waals surface area contributed by atoms with Gasteiger partial charge in [-0.3, -0.25) is 0 Å². The highest BCUT2D eigenvalue weighted by atomic mass is 16.2. The lowest BCUT2D eigenvalue weighted by atomic mass is 9.96. The van der Waals surface area contributed by atoms with Crippen LogP contribution in [0.25, 0.3) is 0 Å². The number of nitriles is 1. The van der Waals surface area contributed by atoms with Crippen molar-refractivity contribution in [1.82, 2.24) is 5.32 Å². The molecule has 0 heterocycles. The maximum Gasteiger partial charge on any atom is 0.319 e. The van der Waals surface area contributed by atoms with Crippen molar-refractivity contribution in [1.29, 1.82) is 5.26 Å². The minimum Gasteiger partial charge on any atom is -0.399 e. The van der Waals surface area contributed by atoms with Gasteiger partial charge in [-0.05, 0) is 31.0 Å². The molecule has 4 N–H and O–H groups in total. The average molecular weight is 258 g/mol. The molecule has 0 aliphatic heterocycles. The second-order valence-electron chi connectivity index (χ2n) is 4.85. The molecular weight excluding hydrogens is 240 g/mol. The molecule has 0 radical (unpaired) electrons. The van der Waals surface area contributed by atoms with Crippen molar-refractivity contribution >= 4 is 17.4 Å². The number of carbonyl (C=O) groups is 1. The van der Waals surface area contributed by atoms with E-state index in [4.69, 9.17) is 11.0 Å². The third-order valence-corrected chi connectivity index (χ3v) is 3.35. The van der Waals surface area contributed by atoms with Crippen molar-refractivity contribution in [3.63, 3.8) is 0 Å². The van der Waals surface area contributed by atoms with Gasteiger partial charge in [0.25, 0.3) is 0 Å². The predicted octanol–water partition coefficient (Wildman–Crippen LogP) is 2.59. The van der Waals surface area contributed by atoms with Gasteiger partial charge in [-0.2, -0.15) is 5.26 Å². The number of benzene rings is 1. The molecule has 19 heavy (non-hydrogen) atoms. The Morgan fingerprint density at radius 2 is 2.05 bits per heavy atom. The first-order valence-corrected chi connectivity index (χ1v) is 6.56. The van der Waals surface area contributed by atoms with Crippen LogP contribution < -0.4 is 16.4 Å². The van der Waals surface area contributed by atoms with Crippen LogP contribution in [0, 0.1) is 11.3 Å². The smallest absolute Gasteiger partial charge is 0.319 e. The van der Waals surface area contributed by atoms with Crippen molar-refractivity contribution in [2.45, 2.75) is 38.1 Å². The topological polar surface area (TPSA) is 90.9 Å². The Hall–Kier alpha value is -2.22. The zero-order valence-electron chi connectivity index (χ0n) is 10.8. The third kappa shape index (κ3) is 3.62. The number of amides is 2. The molecule has 0 aromatic heterocycles. The largest absolute Gasteiger partial charge is 0.399 e. The molecule has 2 rings (SSSR count). The Labute approximate surface area is 112 Å². The Kier molecular flexibility index (Phi) is 4.24. The number of nitrogens with two attached hydrogens (primary N) is 1. The Balaban J connectivity index is 1.97. The lowest BCUT2D eigenvalue weighted by molar-refractivity contribution is 0.244. The number of hydrogen-bond acceptors (Lipinski definition) is 3. The van der Waals surface area contributed by atoms with Crippen LogP contribution in [0.3, 0.4) is 0 Å². The fourth-order valence-electron chi connectivity index (χ4n) is 2.35. The predicted molar refractivity (Wildman–Crippen MR) is 74.6 cm³/mol. The third-order valence-electron chi connectivity index (χ3n) is 3.35. The zero-order valence-corrected chi connectivity index (χ0v) is 10.8. The second-order valence-corrected chi connectivity index (χ2v) is 4.85. The number of hydrogen-bond donors (Lipinski definition) is 3. The molecule has 1 fully saturated rings. The molecule has 100 valence electrons. The van der Waals surface area contributed by atoms with Crippen molar-refractivity contribution < 1.29 is 4.79 Å². The fraction of sp³-hybridized carbons (Fsp3) is 0.429. The van der Waals surface area contributed by atoms with Gasteiger partial charge in [0.1, 0.15) is 6.07 Å². The first kappa shape index (κ1) is 13.2. The summed E-state index contributed by atoms with van der Waals surface area (Å²) < 4.78 is 0. The van der Waals surface area contributed by atoms with Gasteiger partial charge in [-0.25, -0.2) is 4.79 Å². The summed E-state index contributed by atoms with van der Waals surface area (Å²) in [6.45, 7) is 0. The molecule has 1 aliphatic carbocycles. The van der Waals surface area contributed by atoms with Gasteiger partial charge in [-0.1, -0.05) is 19.3 Å². The highest BCUT2D eigenvalue weighted by Gasteiger charge is 2.16. The van der Waals surface area contributed by atoms with E-state index in [1.54, 1.807) is 18.2 Å². The van der Waals surface area contributed by atoms with Crippen LogP contribution in [0.5, 0.6) is 0 Å². The van der Waals surface area contributed by atoms with E-state index in [-0.39, 0.29) is 12.1 Å². The lowest BCUT2D eigenvalue weighted by Crippen LogP contribution is -2.39. The van der Waals surface area contributed by atoms with Crippen molar-refractivity contribution in [3.05, 3.63) is 23.8 Å². The minimum absolute atomic E-state index is 0.244. The van der Waals surface area contributed by atoms with Crippen LogP contribution in [0.4, 0.5) is 16.2 Å². The summed E-state index contributed by atoms with van der Waals surface area (Å²) >= 11 is 0. The standard InChI is InChI=1S/C14H18N4O/c15-9-10-8-11(16)6-7-13(10)18-14(19)17-12-4-2-1-3-5-12/h6-8,12H,1-5,16H2,(H2,17,18,19). The zero-order chi connectivity index (χ0) is 13.7. The molecule has 0 bridgehead atoms. The summed E-state index contributed by atoms with van der Waals surface area (Å²) in [5.41, 5.74) is 6.98. The van der Waals surface area contributed by atoms with Gasteiger partial charge in [0.15, 0.2) is 0 Å². The molecule has 1 aromatic rings. The number of carbonyl (C=O) groups excluding carboxylic acids is 1. The Morgan fingerprint density at radius 3 is 2.74 bits per heavy atom. The lowest BCUT2D eigenvalue weighted by Gasteiger charge is -2.23. The van der Waals surface area contributed by atoms with Crippen molar-refractivity contribution in [2.24, 2.45) is 0 Å². The molecule has 5 nitrogen and oxygen atoms in total. The van der Waals surface area contributed by atoms with Crippen molar-refractivity contribution in [3.8, 4) is 6.07 Å². The monoisotopic (exact) mass is 258 g/mol. The van der Waals surface area contributed by atoms with Gasteiger partial charge in [0.2, 0.25) is 0 Å². The molecule has 1 saturated carbocycles. The first-order valence-electron chi connectivity index (χ1n) is 6.56. The summed E-state index contributed by atoms with van der Waals surface area (Å²) in [6.07, 6.45) is 5.63. The normalized spacial score (nSPS) is 15.5. The molecule has 2 amide bonds. The van der Waals surface area contributed by atoms with E-state index >= 15 is 0 Å². The van der Waals surface area contributed by atoms with Crippen LogP contribution in [0.15, 0.2) is 18.2 Å². The summed E-state index contributed by atoms with van der Waals surface area (Å²) in [4.78, 5) is 11.9. The van der Waals surface area contributed by atoms with Gasteiger partial charge < -0.3 is 16.4 Å². The van der Waals surface area contributed by atoms with E-state index in [0.717, 1.165) is 25.7 Å². The molecule has 0 spiro atoms. The van der Waals surface area contributed by atoms with Gasteiger partial charge in [0.05, 0.1) is 11.3 Å². The number of nitrogen functional groups attached to an aromatic ring is 1. The van der Waals surface area contributed by atoms with Crippen LogP contribution >= 0.6 is 0 Å². The molecule has 0 unspecified atom stereocenters. The van der Waals surface area contributed by atoms with Crippen molar-refractivity contribution in [2.75, 3.05) is 11.1 Å². The summed E-state index contributed by atoms with van der Waals surface area (Å²) in [6, 6.07) is 6.87. The molecule has 1 aliphatic rings.